The van der Waals surface area contributed by atoms with E-state index < -0.39 is 5.60 Å². The van der Waals surface area contributed by atoms with Crippen LogP contribution in [0.5, 0.6) is 0 Å². The van der Waals surface area contributed by atoms with E-state index in [0.717, 1.165) is 26.1 Å². The molecule has 0 aromatic carbocycles. The van der Waals surface area contributed by atoms with Crippen molar-refractivity contribution in [2.75, 3.05) is 38.3 Å². The first-order valence-corrected chi connectivity index (χ1v) is 7.72. The lowest BCUT2D eigenvalue weighted by molar-refractivity contribution is -0.121. The third-order valence-electron chi connectivity index (χ3n) is 2.83. The number of rotatable bonds is 7. The molecule has 1 aliphatic rings. The van der Waals surface area contributed by atoms with E-state index in [1.807, 2.05) is 6.26 Å². The van der Waals surface area contributed by atoms with Gasteiger partial charge in [-0.2, -0.15) is 11.8 Å². The van der Waals surface area contributed by atoms with Gasteiger partial charge in [0.2, 0.25) is 5.91 Å². The number of thioether (sulfide) groups is 1. The summed E-state index contributed by atoms with van der Waals surface area (Å²) >= 11 is 1.59. The molecule has 0 aliphatic carbocycles. The van der Waals surface area contributed by atoms with Gasteiger partial charge in [-0.25, -0.2) is 0 Å². The van der Waals surface area contributed by atoms with Gasteiger partial charge in [-0.05, 0) is 26.0 Å². The average molecular weight is 276 g/mol. The fourth-order valence-electron chi connectivity index (χ4n) is 1.93. The number of nitrogens with one attached hydrogen (secondary N) is 2. The largest absolute Gasteiger partial charge is 0.388 e. The molecule has 3 N–H and O–H groups in total. The molecular weight excluding hydrogens is 252 g/mol. The Morgan fingerprint density at radius 2 is 2.17 bits per heavy atom. The molecule has 18 heavy (non-hydrogen) atoms. The minimum absolute atomic E-state index is 0.0122. The van der Waals surface area contributed by atoms with E-state index in [1.165, 1.54) is 0 Å². The lowest BCUT2D eigenvalue weighted by atomic mass is 10.1. The standard InChI is InChI=1S/C12H24N2O3S/c1-12(16,9-18-2)8-13-7-11(15)14-10-3-5-17-6-4-10/h10,13,16H,3-9H2,1-2H3,(H,14,15). The van der Waals surface area contributed by atoms with Crippen LogP contribution in [0.4, 0.5) is 0 Å². The first-order chi connectivity index (χ1) is 8.53. The third-order valence-corrected chi connectivity index (χ3v) is 3.74. The van der Waals surface area contributed by atoms with Gasteiger partial charge in [0.05, 0.1) is 12.1 Å². The molecule has 106 valence electrons. The maximum atomic E-state index is 11.7. The topological polar surface area (TPSA) is 70.6 Å². The van der Waals surface area contributed by atoms with E-state index in [2.05, 4.69) is 10.6 Å². The lowest BCUT2D eigenvalue weighted by Crippen LogP contribution is -2.46. The summed E-state index contributed by atoms with van der Waals surface area (Å²) in [6.45, 7) is 3.89. The Bertz CT molecular complexity index is 256. The molecule has 6 heteroatoms. The highest BCUT2D eigenvalue weighted by atomic mass is 32.2. The summed E-state index contributed by atoms with van der Waals surface area (Å²) < 4.78 is 5.23. The Hall–Kier alpha value is -0.300. The molecule has 1 saturated heterocycles. The first kappa shape index (κ1) is 15.8. The molecule has 1 amide bonds. The minimum Gasteiger partial charge on any atom is -0.388 e. The Labute approximate surface area is 113 Å². The van der Waals surface area contributed by atoms with Gasteiger partial charge in [-0.15, -0.1) is 0 Å². The van der Waals surface area contributed by atoms with E-state index in [0.29, 0.717) is 12.3 Å². The SMILES string of the molecule is CSCC(C)(O)CNCC(=O)NC1CCOCC1. The van der Waals surface area contributed by atoms with Crippen LogP contribution in [0, 0.1) is 0 Å². The maximum Gasteiger partial charge on any atom is 0.234 e. The van der Waals surface area contributed by atoms with Crippen molar-refractivity contribution in [1.82, 2.24) is 10.6 Å². The molecule has 1 heterocycles. The molecular formula is C12H24N2O3S. The molecule has 1 aliphatic heterocycles. The van der Waals surface area contributed by atoms with E-state index in [9.17, 15) is 9.90 Å². The van der Waals surface area contributed by atoms with Crippen LogP contribution in [-0.2, 0) is 9.53 Å². The van der Waals surface area contributed by atoms with Gasteiger partial charge in [-0.1, -0.05) is 0 Å². The molecule has 1 rings (SSSR count). The van der Waals surface area contributed by atoms with Crippen molar-refractivity contribution in [3.05, 3.63) is 0 Å². The quantitative estimate of drug-likeness (QED) is 0.610. The predicted octanol–water partition coefficient (Wildman–Crippen LogP) is -0.0148. The van der Waals surface area contributed by atoms with Crippen molar-refractivity contribution >= 4 is 17.7 Å². The van der Waals surface area contributed by atoms with Crippen molar-refractivity contribution in [3.8, 4) is 0 Å². The maximum absolute atomic E-state index is 11.7. The summed E-state index contributed by atoms with van der Waals surface area (Å²) in [6, 6.07) is 0.236. The predicted molar refractivity (Wildman–Crippen MR) is 73.9 cm³/mol. The normalized spacial score (nSPS) is 20.4. The number of aliphatic hydroxyl groups is 1. The van der Waals surface area contributed by atoms with Crippen LogP contribution >= 0.6 is 11.8 Å². The van der Waals surface area contributed by atoms with Crippen LogP contribution in [0.25, 0.3) is 0 Å². The fourth-order valence-corrected chi connectivity index (χ4v) is 2.65. The number of ether oxygens (including phenoxy) is 1. The second-order valence-electron chi connectivity index (χ2n) is 4.99. The Kier molecular flexibility index (Phi) is 6.99. The molecule has 0 spiro atoms. The Morgan fingerprint density at radius 3 is 2.78 bits per heavy atom. The van der Waals surface area contributed by atoms with Gasteiger partial charge in [0.1, 0.15) is 0 Å². The van der Waals surface area contributed by atoms with Gasteiger partial charge in [-0.3, -0.25) is 4.79 Å². The van der Waals surface area contributed by atoms with E-state index in [-0.39, 0.29) is 18.5 Å². The lowest BCUT2D eigenvalue weighted by Gasteiger charge is -2.24. The van der Waals surface area contributed by atoms with Crippen molar-refractivity contribution in [3.63, 3.8) is 0 Å². The summed E-state index contributed by atoms with van der Waals surface area (Å²) in [5, 5.41) is 15.9. The Balaban J connectivity index is 2.12. The molecule has 0 radical (unpaired) electrons. The number of carbonyl (C=O) groups is 1. The van der Waals surface area contributed by atoms with Crippen molar-refractivity contribution in [2.24, 2.45) is 0 Å². The summed E-state index contributed by atoms with van der Waals surface area (Å²) in [4.78, 5) is 11.7. The first-order valence-electron chi connectivity index (χ1n) is 6.32. The van der Waals surface area contributed by atoms with Crippen LogP contribution in [0.15, 0.2) is 0 Å². The third kappa shape index (κ3) is 6.58. The summed E-state index contributed by atoms with van der Waals surface area (Å²) in [5.74, 6) is 0.642. The number of carbonyl (C=O) groups excluding carboxylic acids is 1. The summed E-state index contributed by atoms with van der Waals surface area (Å²) in [5.41, 5.74) is -0.766. The van der Waals surface area contributed by atoms with E-state index in [4.69, 9.17) is 4.74 Å². The highest BCUT2D eigenvalue weighted by Gasteiger charge is 2.20. The van der Waals surface area contributed by atoms with Crippen LogP contribution in [-0.4, -0.2) is 61.0 Å². The fraction of sp³-hybridized carbons (Fsp3) is 0.917. The average Bonchev–Trinajstić information content (AvgIpc) is 2.29. The number of amides is 1. The van der Waals surface area contributed by atoms with Gasteiger partial charge >= 0.3 is 0 Å². The monoisotopic (exact) mass is 276 g/mol. The van der Waals surface area contributed by atoms with E-state index in [1.54, 1.807) is 18.7 Å². The van der Waals surface area contributed by atoms with Crippen LogP contribution in [0.3, 0.4) is 0 Å². The second-order valence-corrected chi connectivity index (χ2v) is 5.85. The van der Waals surface area contributed by atoms with Crippen LogP contribution < -0.4 is 10.6 Å². The zero-order valence-corrected chi connectivity index (χ0v) is 12.0. The number of hydrogen-bond donors (Lipinski definition) is 3. The van der Waals surface area contributed by atoms with Gasteiger partial charge in [0.25, 0.3) is 0 Å². The summed E-state index contributed by atoms with van der Waals surface area (Å²) in [6.07, 6.45) is 3.72. The molecule has 5 nitrogen and oxygen atoms in total. The highest BCUT2D eigenvalue weighted by molar-refractivity contribution is 7.98. The molecule has 1 atom stereocenters. The van der Waals surface area contributed by atoms with Gasteiger partial charge < -0.3 is 20.5 Å². The molecule has 0 aromatic heterocycles. The zero-order chi connectivity index (χ0) is 13.4. The molecule has 1 unspecified atom stereocenters. The highest BCUT2D eigenvalue weighted by Crippen LogP contribution is 2.09. The van der Waals surface area contributed by atoms with Gasteiger partial charge in [0, 0.05) is 31.6 Å². The number of hydrogen-bond acceptors (Lipinski definition) is 5. The van der Waals surface area contributed by atoms with Crippen molar-refractivity contribution in [1.29, 1.82) is 0 Å². The minimum atomic E-state index is -0.766. The van der Waals surface area contributed by atoms with Crippen molar-refractivity contribution < 1.29 is 14.6 Å². The molecule has 0 aromatic rings. The van der Waals surface area contributed by atoms with Gasteiger partial charge in [0.15, 0.2) is 0 Å². The molecule has 0 saturated carbocycles. The van der Waals surface area contributed by atoms with Crippen molar-refractivity contribution in [2.45, 2.75) is 31.4 Å². The summed E-state index contributed by atoms with van der Waals surface area (Å²) in [7, 11) is 0. The van der Waals surface area contributed by atoms with Crippen LogP contribution in [0.2, 0.25) is 0 Å². The zero-order valence-electron chi connectivity index (χ0n) is 11.2. The molecule has 0 bridgehead atoms. The van der Waals surface area contributed by atoms with Crippen LogP contribution in [0.1, 0.15) is 19.8 Å². The molecule has 1 fully saturated rings. The Morgan fingerprint density at radius 1 is 1.50 bits per heavy atom. The second kappa shape index (κ2) is 7.99. The smallest absolute Gasteiger partial charge is 0.234 e. The van der Waals surface area contributed by atoms with E-state index >= 15 is 0 Å².